The third-order valence-electron chi connectivity index (χ3n) is 4.82. The van der Waals surface area contributed by atoms with Gasteiger partial charge in [0, 0.05) is 45.1 Å². The van der Waals surface area contributed by atoms with Crippen LogP contribution in [0, 0.1) is 11.3 Å². The van der Waals surface area contributed by atoms with Gasteiger partial charge < -0.3 is 25.2 Å². The molecule has 1 aromatic rings. The highest BCUT2D eigenvalue weighted by Crippen LogP contribution is 2.29. The van der Waals surface area contributed by atoms with Crippen molar-refractivity contribution < 1.29 is 5.11 Å². The van der Waals surface area contributed by atoms with Gasteiger partial charge in [0.1, 0.15) is 12.4 Å². The van der Waals surface area contributed by atoms with Crippen LogP contribution in [-0.2, 0) is 6.54 Å². The Labute approximate surface area is 162 Å². The number of nitriles is 1. The van der Waals surface area contributed by atoms with Gasteiger partial charge in [0.25, 0.3) is 0 Å². The van der Waals surface area contributed by atoms with Crippen LogP contribution in [0.25, 0.3) is 0 Å². The zero-order chi connectivity index (χ0) is 19.8. The van der Waals surface area contributed by atoms with E-state index in [-0.39, 0.29) is 12.1 Å². The molecule has 1 unspecified atom stereocenters. The van der Waals surface area contributed by atoms with Crippen LogP contribution in [0.2, 0.25) is 0 Å². The lowest BCUT2D eigenvalue weighted by molar-refractivity contribution is 0.145. The second-order valence-electron chi connectivity index (χ2n) is 6.81. The van der Waals surface area contributed by atoms with Crippen molar-refractivity contribution in [2.75, 3.05) is 37.0 Å². The summed E-state index contributed by atoms with van der Waals surface area (Å²) >= 11 is 0. The number of nitrogens with one attached hydrogen (secondary N) is 1. The van der Waals surface area contributed by atoms with Crippen LogP contribution >= 0.6 is 0 Å². The molecule has 1 heterocycles. The molecule has 0 spiro atoms. The van der Waals surface area contributed by atoms with Crippen LogP contribution in [-0.4, -0.2) is 55.7 Å². The van der Waals surface area contributed by atoms with Gasteiger partial charge in [0.2, 0.25) is 0 Å². The molecule has 0 bridgehead atoms. The zero-order valence-corrected chi connectivity index (χ0v) is 16.5. The Morgan fingerprint density at radius 1 is 1.48 bits per heavy atom. The van der Waals surface area contributed by atoms with Crippen molar-refractivity contribution in [1.82, 2.24) is 10.3 Å². The Bertz CT molecular complexity index is 690. The molecule has 0 radical (unpaired) electrons. The molecule has 1 atom stereocenters. The van der Waals surface area contributed by atoms with Crippen LogP contribution in [0.4, 0.5) is 11.4 Å². The van der Waals surface area contributed by atoms with Crippen LogP contribution < -0.4 is 15.2 Å². The summed E-state index contributed by atoms with van der Waals surface area (Å²) in [6.07, 6.45) is 4.81. The molecule has 146 valence electrons. The van der Waals surface area contributed by atoms with E-state index >= 15 is 0 Å². The number of piperidine rings is 1. The molecule has 2 N–H and O–H groups in total. The van der Waals surface area contributed by atoms with Gasteiger partial charge in [-0.3, -0.25) is 0 Å². The Kier molecular flexibility index (Phi) is 7.50. The molecule has 0 aliphatic carbocycles. The van der Waals surface area contributed by atoms with E-state index in [0.29, 0.717) is 6.54 Å². The minimum atomic E-state index is -0.356. The average molecular weight is 371 g/mol. The first-order valence-corrected chi connectivity index (χ1v) is 9.26. The van der Waals surface area contributed by atoms with Gasteiger partial charge in [0.15, 0.2) is 0 Å². The molecule has 27 heavy (non-hydrogen) atoms. The highest BCUT2D eigenvalue weighted by atomic mass is 16.3. The number of nitrogens with zero attached hydrogens (tertiary/aromatic N) is 5. The smallest absolute Gasteiger partial charge is 0.119 e. The summed E-state index contributed by atoms with van der Waals surface area (Å²) in [6.45, 7) is 8.05. The van der Waals surface area contributed by atoms with Gasteiger partial charge in [0.05, 0.1) is 12.2 Å². The molecule has 1 aliphatic rings. The lowest BCUT2D eigenvalue weighted by Gasteiger charge is -2.33. The SMILES string of the molecule is C=CN(C)Cc1cc(N2CCC(O)CC2)ccc1N(/C=N\NC)C(C)C#N. The minimum absolute atomic E-state index is 0.198. The lowest BCUT2D eigenvalue weighted by atomic mass is 10.0. The maximum Gasteiger partial charge on any atom is 0.119 e. The van der Waals surface area contributed by atoms with E-state index < -0.39 is 0 Å². The van der Waals surface area contributed by atoms with E-state index in [0.717, 1.165) is 42.9 Å². The number of aliphatic hydroxyl groups is 1. The fraction of sp³-hybridized carbons (Fsp3) is 0.500. The van der Waals surface area contributed by atoms with Crippen molar-refractivity contribution >= 4 is 17.7 Å². The molecule has 0 aromatic heterocycles. The fourth-order valence-electron chi connectivity index (χ4n) is 3.16. The summed E-state index contributed by atoms with van der Waals surface area (Å²) in [7, 11) is 3.70. The van der Waals surface area contributed by atoms with Crippen molar-refractivity contribution in [3.8, 4) is 6.07 Å². The predicted octanol–water partition coefficient (Wildman–Crippen LogP) is 2.10. The number of rotatable bonds is 8. The van der Waals surface area contributed by atoms with Crippen LogP contribution in [0.1, 0.15) is 25.3 Å². The first-order chi connectivity index (χ1) is 13.0. The first kappa shape index (κ1) is 20.6. The van der Waals surface area contributed by atoms with Gasteiger partial charge >= 0.3 is 0 Å². The maximum atomic E-state index is 9.76. The summed E-state index contributed by atoms with van der Waals surface area (Å²) in [6, 6.07) is 8.21. The predicted molar refractivity (Wildman–Crippen MR) is 111 cm³/mol. The highest BCUT2D eigenvalue weighted by Gasteiger charge is 2.21. The second kappa shape index (κ2) is 9.83. The molecule has 7 heteroatoms. The monoisotopic (exact) mass is 370 g/mol. The van der Waals surface area contributed by atoms with Crippen molar-refractivity contribution in [3.63, 3.8) is 0 Å². The molecule has 1 saturated heterocycles. The Morgan fingerprint density at radius 3 is 2.78 bits per heavy atom. The Morgan fingerprint density at radius 2 is 2.19 bits per heavy atom. The van der Waals surface area contributed by atoms with E-state index in [4.69, 9.17) is 0 Å². The molecular weight excluding hydrogens is 340 g/mol. The first-order valence-electron chi connectivity index (χ1n) is 9.26. The van der Waals surface area contributed by atoms with Crippen LogP contribution in [0.3, 0.4) is 0 Å². The molecule has 0 saturated carbocycles. The van der Waals surface area contributed by atoms with Gasteiger partial charge in [-0.15, -0.1) is 0 Å². The Hall–Kier alpha value is -2.72. The number of hydrazone groups is 1. The lowest BCUT2D eigenvalue weighted by Crippen LogP contribution is -2.36. The van der Waals surface area contributed by atoms with E-state index in [1.165, 1.54) is 0 Å². The normalized spacial score (nSPS) is 16.0. The van der Waals surface area contributed by atoms with Gasteiger partial charge in [-0.25, -0.2) is 0 Å². The third kappa shape index (κ3) is 5.38. The zero-order valence-electron chi connectivity index (χ0n) is 16.5. The highest BCUT2D eigenvalue weighted by molar-refractivity contribution is 5.83. The minimum Gasteiger partial charge on any atom is -0.393 e. The Balaban J connectivity index is 2.41. The van der Waals surface area contributed by atoms with Crippen molar-refractivity contribution in [2.45, 2.75) is 38.5 Å². The number of benzene rings is 1. The van der Waals surface area contributed by atoms with Crippen LogP contribution in [0.15, 0.2) is 36.1 Å². The standard InChI is InChI=1S/C20H30N6O/c1-5-24(4)14-17-12-18(25-10-8-19(27)9-11-25)6-7-20(17)26(15-23-22-3)16(2)13-21/h5-7,12,15-16,19,22,27H,1,8-11,14H2,2-4H3/b23-15-. The topological polar surface area (TPSA) is 78.1 Å². The van der Waals surface area contributed by atoms with Crippen molar-refractivity contribution in [1.29, 1.82) is 5.26 Å². The second-order valence-corrected chi connectivity index (χ2v) is 6.81. The summed E-state index contributed by atoms with van der Waals surface area (Å²) in [5.74, 6) is 0. The molecule has 1 fully saturated rings. The quantitative estimate of drug-likeness (QED) is 0.415. The van der Waals surface area contributed by atoms with E-state index in [2.05, 4.69) is 40.2 Å². The van der Waals surface area contributed by atoms with Gasteiger partial charge in [-0.05, 0) is 49.7 Å². The number of hydrogen-bond donors (Lipinski definition) is 2. The number of anilines is 2. The summed E-state index contributed by atoms with van der Waals surface area (Å²) in [5, 5.41) is 23.3. The molecule has 7 nitrogen and oxygen atoms in total. The van der Waals surface area contributed by atoms with Crippen molar-refractivity contribution in [3.05, 3.63) is 36.5 Å². The van der Waals surface area contributed by atoms with E-state index in [9.17, 15) is 10.4 Å². The largest absolute Gasteiger partial charge is 0.393 e. The fourth-order valence-corrected chi connectivity index (χ4v) is 3.16. The van der Waals surface area contributed by atoms with E-state index in [1.807, 2.05) is 29.8 Å². The molecule has 0 amide bonds. The summed E-state index contributed by atoms with van der Waals surface area (Å²) in [4.78, 5) is 6.17. The number of hydrogen-bond acceptors (Lipinski definition) is 6. The summed E-state index contributed by atoms with van der Waals surface area (Å²) in [5.41, 5.74) is 5.91. The van der Waals surface area contributed by atoms with Crippen molar-refractivity contribution in [2.24, 2.45) is 5.10 Å². The average Bonchev–Trinajstić information content (AvgIpc) is 2.69. The van der Waals surface area contributed by atoms with Gasteiger partial charge in [-0.1, -0.05) is 6.58 Å². The maximum absolute atomic E-state index is 9.76. The number of aliphatic hydroxyl groups excluding tert-OH is 1. The third-order valence-corrected chi connectivity index (χ3v) is 4.82. The van der Waals surface area contributed by atoms with Gasteiger partial charge in [-0.2, -0.15) is 10.4 Å². The molecular formula is C20H30N6O. The molecule has 1 aromatic carbocycles. The molecule has 2 rings (SSSR count). The summed E-state index contributed by atoms with van der Waals surface area (Å²) < 4.78 is 0. The van der Waals surface area contributed by atoms with Crippen LogP contribution in [0.5, 0.6) is 0 Å². The molecule has 1 aliphatic heterocycles. The van der Waals surface area contributed by atoms with E-state index in [1.54, 1.807) is 19.6 Å².